The minimum Gasteiger partial charge on any atom is -0.342 e. The monoisotopic (exact) mass is 371 g/mol. The zero-order valence-corrected chi connectivity index (χ0v) is 16.5. The Morgan fingerprint density at radius 3 is 2.74 bits per heavy atom. The lowest BCUT2D eigenvalue weighted by Gasteiger charge is -2.17. The second-order valence-electron chi connectivity index (χ2n) is 7.28. The largest absolute Gasteiger partial charge is 0.342 e. The van der Waals surface area contributed by atoms with Crippen LogP contribution in [0.15, 0.2) is 18.2 Å². The first-order valence-electron chi connectivity index (χ1n) is 9.19. The first-order valence-corrected chi connectivity index (χ1v) is 9.19. The van der Waals surface area contributed by atoms with Gasteiger partial charge in [-0.2, -0.15) is 5.10 Å². The molecule has 7 heteroatoms. The van der Waals surface area contributed by atoms with Gasteiger partial charge in [-0.3, -0.25) is 9.48 Å². The van der Waals surface area contributed by atoms with Crippen molar-refractivity contribution in [2.45, 2.75) is 53.1 Å². The van der Waals surface area contributed by atoms with Crippen LogP contribution in [0.25, 0.3) is 11.0 Å². The summed E-state index contributed by atoms with van der Waals surface area (Å²) in [6.45, 7) is 8.75. The van der Waals surface area contributed by atoms with Gasteiger partial charge in [0, 0.05) is 43.7 Å². The number of aromatic amines is 1. The summed E-state index contributed by atoms with van der Waals surface area (Å²) in [6, 6.07) is 4.72. The summed E-state index contributed by atoms with van der Waals surface area (Å²) in [4.78, 5) is 21.8. The van der Waals surface area contributed by atoms with E-state index in [0.29, 0.717) is 36.2 Å². The highest BCUT2D eigenvalue weighted by atomic mass is 19.1. The van der Waals surface area contributed by atoms with Gasteiger partial charge in [-0.05, 0) is 45.9 Å². The summed E-state index contributed by atoms with van der Waals surface area (Å²) >= 11 is 0. The van der Waals surface area contributed by atoms with Gasteiger partial charge in [-0.1, -0.05) is 0 Å². The van der Waals surface area contributed by atoms with Crippen LogP contribution in [0.3, 0.4) is 0 Å². The molecule has 0 aliphatic heterocycles. The predicted molar refractivity (Wildman–Crippen MR) is 103 cm³/mol. The highest BCUT2D eigenvalue weighted by Gasteiger charge is 2.18. The molecule has 3 aromatic rings. The molecule has 2 heterocycles. The summed E-state index contributed by atoms with van der Waals surface area (Å²) < 4.78 is 15.3. The second-order valence-corrected chi connectivity index (χ2v) is 7.28. The average molecular weight is 371 g/mol. The molecule has 0 spiro atoms. The van der Waals surface area contributed by atoms with Gasteiger partial charge in [-0.15, -0.1) is 0 Å². The molecule has 1 aromatic carbocycles. The van der Waals surface area contributed by atoms with Gasteiger partial charge in [0.2, 0.25) is 5.91 Å². The van der Waals surface area contributed by atoms with Crippen molar-refractivity contribution in [1.29, 1.82) is 0 Å². The van der Waals surface area contributed by atoms with Gasteiger partial charge in [0.05, 0.1) is 16.7 Å². The number of hydrogen-bond acceptors (Lipinski definition) is 3. The molecule has 0 aliphatic carbocycles. The maximum absolute atomic E-state index is 13.3. The number of amides is 1. The number of halogens is 1. The van der Waals surface area contributed by atoms with E-state index in [9.17, 15) is 9.18 Å². The van der Waals surface area contributed by atoms with Crippen LogP contribution >= 0.6 is 0 Å². The smallest absolute Gasteiger partial charge is 0.223 e. The molecular weight excluding hydrogens is 345 g/mol. The molecule has 3 rings (SSSR count). The Morgan fingerprint density at radius 2 is 2.07 bits per heavy atom. The van der Waals surface area contributed by atoms with Gasteiger partial charge in [0.15, 0.2) is 0 Å². The molecule has 27 heavy (non-hydrogen) atoms. The number of carbonyl (C=O) groups is 1. The standard InChI is InChI=1S/C20H26FN5O/c1-12(2)26-14(4)16(13(3)24-26)11-25(5)20(27)9-8-19-22-17-7-6-15(21)10-18(17)23-19/h6-7,10,12H,8-9,11H2,1-5H3,(H,22,23). The van der Waals surface area contributed by atoms with Crippen LogP contribution < -0.4 is 0 Å². The lowest BCUT2D eigenvalue weighted by molar-refractivity contribution is -0.130. The fourth-order valence-electron chi connectivity index (χ4n) is 3.32. The number of carbonyl (C=O) groups excluding carboxylic acids is 1. The highest BCUT2D eigenvalue weighted by molar-refractivity contribution is 5.77. The number of rotatable bonds is 6. The number of H-pyrrole nitrogens is 1. The molecule has 6 nitrogen and oxygen atoms in total. The average Bonchev–Trinajstić information content (AvgIpc) is 3.14. The minimum atomic E-state index is -0.304. The first-order chi connectivity index (χ1) is 12.8. The van der Waals surface area contributed by atoms with E-state index < -0.39 is 0 Å². The molecular formula is C20H26FN5O. The van der Waals surface area contributed by atoms with Crippen molar-refractivity contribution in [3.8, 4) is 0 Å². The Labute approximate surface area is 158 Å². The molecule has 0 saturated heterocycles. The van der Waals surface area contributed by atoms with Crippen molar-refractivity contribution in [3.05, 3.63) is 46.8 Å². The summed E-state index contributed by atoms with van der Waals surface area (Å²) in [5.74, 6) is 0.427. The van der Waals surface area contributed by atoms with Crippen molar-refractivity contribution in [2.75, 3.05) is 7.05 Å². The molecule has 2 aromatic heterocycles. The zero-order valence-electron chi connectivity index (χ0n) is 16.5. The Kier molecular flexibility index (Phi) is 5.30. The Hall–Kier alpha value is -2.70. The molecule has 144 valence electrons. The SMILES string of the molecule is Cc1nn(C(C)C)c(C)c1CN(C)C(=O)CCc1nc2ccc(F)cc2[nH]1. The van der Waals surface area contributed by atoms with Gasteiger partial charge >= 0.3 is 0 Å². The van der Waals surface area contributed by atoms with Crippen molar-refractivity contribution < 1.29 is 9.18 Å². The lowest BCUT2D eigenvalue weighted by Crippen LogP contribution is -2.27. The maximum Gasteiger partial charge on any atom is 0.223 e. The molecule has 0 unspecified atom stereocenters. The van der Waals surface area contributed by atoms with Crippen LogP contribution in [-0.2, 0) is 17.8 Å². The molecule has 0 atom stereocenters. The lowest BCUT2D eigenvalue weighted by atomic mass is 10.1. The van der Waals surface area contributed by atoms with E-state index in [1.54, 1.807) is 11.0 Å². The highest BCUT2D eigenvalue weighted by Crippen LogP contribution is 2.19. The van der Waals surface area contributed by atoms with Gasteiger partial charge in [0.25, 0.3) is 0 Å². The molecule has 1 N–H and O–H groups in total. The van der Waals surface area contributed by atoms with E-state index in [1.165, 1.54) is 12.1 Å². The molecule has 0 saturated carbocycles. The van der Waals surface area contributed by atoms with E-state index in [1.807, 2.05) is 25.6 Å². The molecule has 1 amide bonds. The fraction of sp³-hybridized carbons (Fsp3) is 0.450. The summed E-state index contributed by atoms with van der Waals surface area (Å²) in [5.41, 5.74) is 4.51. The molecule has 0 radical (unpaired) electrons. The minimum absolute atomic E-state index is 0.0396. The topological polar surface area (TPSA) is 66.8 Å². The number of nitrogens with one attached hydrogen (secondary N) is 1. The van der Waals surface area contributed by atoms with E-state index >= 15 is 0 Å². The van der Waals surface area contributed by atoms with Crippen LogP contribution in [0.4, 0.5) is 4.39 Å². The summed E-state index contributed by atoms with van der Waals surface area (Å²) in [6.07, 6.45) is 0.831. The fourth-order valence-corrected chi connectivity index (χ4v) is 3.32. The molecule has 0 fully saturated rings. The van der Waals surface area contributed by atoms with Gasteiger partial charge in [0.1, 0.15) is 11.6 Å². The number of fused-ring (bicyclic) bond motifs is 1. The van der Waals surface area contributed by atoms with E-state index in [-0.39, 0.29) is 17.8 Å². The Bertz CT molecular complexity index is 972. The Balaban J connectivity index is 1.64. The van der Waals surface area contributed by atoms with Crippen LogP contribution in [0, 0.1) is 19.7 Å². The van der Waals surface area contributed by atoms with Crippen LogP contribution in [0.2, 0.25) is 0 Å². The number of nitrogens with zero attached hydrogens (tertiary/aromatic N) is 4. The van der Waals surface area contributed by atoms with Crippen molar-refractivity contribution >= 4 is 16.9 Å². The van der Waals surface area contributed by atoms with Crippen molar-refractivity contribution in [3.63, 3.8) is 0 Å². The number of hydrogen-bond donors (Lipinski definition) is 1. The van der Waals surface area contributed by atoms with Gasteiger partial charge < -0.3 is 9.88 Å². The van der Waals surface area contributed by atoms with Gasteiger partial charge in [-0.25, -0.2) is 9.37 Å². The predicted octanol–water partition coefficient (Wildman–Crippen LogP) is 3.69. The second kappa shape index (κ2) is 7.50. The maximum atomic E-state index is 13.3. The number of imidazole rings is 1. The van der Waals surface area contributed by atoms with E-state index in [0.717, 1.165) is 17.0 Å². The first kappa shape index (κ1) is 19.1. The summed E-state index contributed by atoms with van der Waals surface area (Å²) in [5, 5.41) is 4.58. The third-order valence-electron chi connectivity index (χ3n) is 4.85. The summed E-state index contributed by atoms with van der Waals surface area (Å²) in [7, 11) is 1.81. The number of aryl methyl sites for hydroxylation is 2. The van der Waals surface area contributed by atoms with E-state index in [2.05, 4.69) is 28.9 Å². The van der Waals surface area contributed by atoms with Crippen molar-refractivity contribution in [2.24, 2.45) is 0 Å². The Morgan fingerprint density at radius 1 is 1.33 bits per heavy atom. The van der Waals surface area contributed by atoms with Crippen LogP contribution in [0.5, 0.6) is 0 Å². The molecule has 0 aliphatic rings. The van der Waals surface area contributed by atoms with E-state index in [4.69, 9.17) is 0 Å². The number of aromatic nitrogens is 4. The third-order valence-corrected chi connectivity index (χ3v) is 4.85. The van der Waals surface area contributed by atoms with Crippen molar-refractivity contribution in [1.82, 2.24) is 24.6 Å². The quantitative estimate of drug-likeness (QED) is 0.719. The van der Waals surface area contributed by atoms with Crippen LogP contribution in [-0.4, -0.2) is 37.6 Å². The third kappa shape index (κ3) is 4.02. The number of benzene rings is 1. The zero-order chi connectivity index (χ0) is 19.7. The molecule has 0 bridgehead atoms. The van der Waals surface area contributed by atoms with Crippen LogP contribution in [0.1, 0.15) is 49.1 Å². The normalized spacial score (nSPS) is 11.5.